The molecule has 0 aliphatic carbocycles. The van der Waals surface area contributed by atoms with E-state index in [-0.39, 0.29) is 12.2 Å². The molecule has 0 saturated carbocycles. The summed E-state index contributed by atoms with van der Waals surface area (Å²) in [6, 6.07) is 22.1. The quantitative estimate of drug-likeness (QED) is 0.409. The molecule has 3 aromatic carbocycles. The topological polar surface area (TPSA) is 17.1 Å². The van der Waals surface area contributed by atoms with E-state index >= 15 is 0 Å². The van der Waals surface area contributed by atoms with Crippen molar-refractivity contribution in [3.63, 3.8) is 0 Å². The summed E-state index contributed by atoms with van der Waals surface area (Å²) in [6.45, 7) is 1.88. The molecule has 0 unspecified atom stereocenters. The van der Waals surface area contributed by atoms with Gasteiger partial charge in [-0.1, -0.05) is 67.6 Å². The largest absolute Gasteiger partial charge is 0.416 e. The molecule has 3 aromatic rings. The van der Waals surface area contributed by atoms with Crippen molar-refractivity contribution in [2.24, 2.45) is 0 Å². The highest BCUT2D eigenvalue weighted by molar-refractivity contribution is 5.81. The number of ketones is 1. The van der Waals surface area contributed by atoms with Gasteiger partial charge in [-0.05, 0) is 59.2 Å². The zero-order valence-corrected chi connectivity index (χ0v) is 17.0. The van der Waals surface area contributed by atoms with Crippen LogP contribution in [0.3, 0.4) is 0 Å². The number of hydrogen-bond donors (Lipinski definition) is 0. The summed E-state index contributed by atoms with van der Waals surface area (Å²) < 4.78 is 39.0. The van der Waals surface area contributed by atoms with Crippen molar-refractivity contribution in [1.82, 2.24) is 0 Å². The minimum Gasteiger partial charge on any atom is -0.299 e. The molecule has 0 spiro atoms. The van der Waals surface area contributed by atoms with Crippen LogP contribution in [0.15, 0.2) is 72.8 Å². The first-order valence-electron chi connectivity index (χ1n) is 10.2. The van der Waals surface area contributed by atoms with Crippen molar-refractivity contribution < 1.29 is 18.0 Å². The Morgan fingerprint density at radius 3 is 2.07 bits per heavy atom. The highest BCUT2D eigenvalue weighted by atomic mass is 19.4. The van der Waals surface area contributed by atoms with Crippen LogP contribution in [0.2, 0.25) is 0 Å². The Bertz CT molecular complexity index is 973. The average molecular weight is 410 g/mol. The molecule has 0 bridgehead atoms. The molecule has 0 aromatic heterocycles. The molecule has 0 N–H and O–H groups in total. The summed E-state index contributed by atoms with van der Waals surface area (Å²) in [4.78, 5) is 12.4. The smallest absolute Gasteiger partial charge is 0.299 e. The van der Waals surface area contributed by atoms with Crippen molar-refractivity contribution in [3.8, 4) is 0 Å². The van der Waals surface area contributed by atoms with E-state index in [1.54, 1.807) is 0 Å². The van der Waals surface area contributed by atoms with Gasteiger partial charge in [-0.3, -0.25) is 4.79 Å². The molecule has 3 rings (SSSR count). The Hall–Kier alpha value is -2.88. The summed E-state index contributed by atoms with van der Waals surface area (Å²) in [5.74, 6) is -0.0441. The zero-order chi connectivity index (χ0) is 21.6. The fourth-order valence-corrected chi connectivity index (χ4v) is 3.55. The van der Waals surface area contributed by atoms with Crippen molar-refractivity contribution in [1.29, 1.82) is 0 Å². The molecule has 30 heavy (non-hydrogen) atoms. The monoisotopic (exact) mass is 410 g/mol. The van der Waals surface area contributed by atoms with Gasteiger partial charge < -0.3 is 0 Å². The lowest BCUT2D eigenvalue weighted by molar-refractivity contribution is -0.137. The van der Waals surface area contributed by atoms with E-state index in [1.165, 1.54) is 17.2 Å². The molecule has 0 aliphatic heterocycles. The van der Waals surface area contributed by atoms with Crippen molar-refractivity contribution in [2.45, 2.75) is 45.2 Å². The van der Waals surface area contributed by atoms with E-state index in [0.29, 0.717) is 24.8 Å². The Kier molecular flexibility index (Phi) is 7.09. The molecule has 0 fully saturated rings. The second-order valence-electron chi connectivity index (χ2n) is 7.53. The number of Topliss-reactive ketones (excluding diaryl/α,β-unsaturated/α-hetero) is 1. The van der Waals surface area contributed by atoms with Crippen LogP contribution in [-0.2, 0) is 36.7 Å². The Labute approximate surface area is 175 Å². The van der Waals surface area contributed by atoms with Gasteiger partial charge in [-0.15, -0.1) is 0 Å². The van der Waals surface area contributed by atoms with E-state index in [0.717, 1.165) is 29.7 Å². The molecular weight excluding hydrogens is 385 g/mol. The van der Waals surface area contributed by atoms with Crippen LogP contribution in [-0.4, -0.2) is 5.78 Å². The average Bonchev–Trinajstić information content (AvgIpc) is 2.73. The van der Waals surface area contributed by atoms with Gasteiger partial charge in [0.2, 0.25) is 0 Å². The van der Waals surface area contributed by atoms with E-state index in [4.69, 9.17) is 0 Å². The molecule has 0 atom stereocenters. The maximum absolute atomic E-state index is 13.0. The SMILES string of the molecule is CCc1ccc(C(F)(F)F)cc1CC(=O)CCc1ccc(Cc2ccccc2)cc1. The van der Waals surface area contributed by atoms with Crippen LogP contribution in [0.5, 0.6) is 0 Å². The van der Waals surface area contributed by atoms with Crippen LogP contribution >= 0.6 is 0 Å². The zero-order valence-electron chi connectivity index (χ0n) is 17.0. The first-order valence-corrected chi connectivity index (χ1v) is 10.2. The van der Waals surface area contributed by atoms with Crippen LogP contribution in [0.4, 0.5) is 13.2 Å². The molecule has 0 aliphatic rings. The predicted molar refractivity (Wildman–Crippen MR) is 114 cm³/mol. The van der Waals surface area contributed by atoms with Crippen LogP contribution < -0.4 is 0 Å². The highest BCUT2D eigenvalue weighted by Gasteiger charge is 2.31. The number of carbonyl (C=O) groups excluding carboxylic acids is 1. The summed E-state index contributed by atoms with van der Waals surface area (Å²) in [7, 11) is 0. The van der Waals surface area contributed by atoms with Crippen molar-refractivity contribution >= 4 is 5.78 Å². The van der Waals surface area contributed by atoms with E-state index < -0.39 is 11.7 Å². The van der Waals surface area contributed by atoms with E-state index in [9.17, 15) is 18.0 Å². The molecule has 0 saturated heterocycles. The molecule has 0 radical (unpaired) electrons. The van der Waals surface area contributed by atoms with Gasteiger partial charge >= 0.3 is 6.18 Å². The lowest BCUT2D eigenvalue weighted by Crippen LogP contribution is -2.10. The third-order valence-corrected chi connectivity index (χ3v) is 5.27. The highest BCUT2D eigenvalue weighted by Crippen LogP contribution is 2.31. The fourth-order valence-electron chi connectivity index (χ4n) is 3.55. The van der Waals surface area contributed by atoms with E-state index in [2.05, 4.69) is 24.3 Å². The Morgan fingerprint density at radius 1 is 0.800 bits per heavy atom. The molecular formula is C26H25F3O. The number of hydrogen-bond acceptors (Lipinski definition) is 1. The standard InChI is InChI=1S/C26H25F3O/c1-2-22-13-14-24(26(27,28)29)17-23(22)18-25(30)15-12-19-8-10-21(11-9-19)16-20-6-4-3-5-7-20/h3-11,13-14,17H,2,12,15-16,18H2,1H3. The van der Waals surface area contributed by atoms with Gasteiger partial charge in [-0.25, -0.2) is 0 Å². The second-order valence-corrected chi connectivity index (χ2v) is 7.53. The molecule has 4 heteroatoms. The number of aryl methyl sites for hydroxylation is 2. The second kappa shape index (κ2) is 9.75. The van der Waals surface area contributed by atoms with Gasteiger partial charge in [0.15, 0.2) is 0 Å². The first-order chi connectivity index (χ1) is 14.3. The summed E-state index contributed by atoms with van der Waals surface area (Å²) in [5, 5.41) is 0. The van der Waals surface area contributed by atoms with E-state index in [1.807, 2.05) is 37.3 Å². The van der Waals surface area contributed by atoms with Crippen LogP contribution in [0.25, 0.3) is 0 Å². The number of alkyl halides is 3. The normalized spacial score (nSPS) is 11.5. The first kappa shape index (κ1) is 21.8. The lowest BCUT2D eigenvalue weighted by Gasteiger charge is -2.12. The number of benzene rings is 3. The lowest BCUT2D eigenvalue weighted by atomic mass is 9.95. The summed E-state index contributed by atoms with van der Waals surface area (Å²) in [5.41, 5.74) is 4.08. The predicted octanol–water partition coefficient (Wildman–Crippen LogP) is 6.60. The van der Waals surface area contributed by atoms with Crippen molar-refractivity contribution in [2.75, 3.05) is 0 Å². The van der Waals surface area contributed by atoms with Gasteiger partial charge in [-0.2, -0.15) is 13.2 Å². The van der Waals surface area contributed by atoms with Crippen LogP contribution in [0.1, 0.15) is 46.7 Å². The minimum atomic E-state index is -4.40. The summed E-state index contributed by atoms with van der Waals surface area (Å²) >= 11 is 0. The van der Waals surface area contributed by atoms with Gasteiger partial charge in [0.25, 0.3) is 0 Å². The molecule has 0 heterocycles. The third kappa shape index (κ3) is 6.06. The molecule has 0 amide bonds. The van der Waals surface area contributed by atoms with Crippen LogP contribution in [0, 0.1) is 0 Å². The Balaban J connectivity index is 1.58. The number of halogens is 3. The Morgan fingerprint density at radius 2 is 1.43 bits per heavy atom. The van der Waals surface area contributed by atoms with Crippen molar-refractivity contribution in [3.05, 3.63) is 106 Å². The van der Waals surface area contributed by atoms with Gasteiger partial charge in [0.05, 0.1) is 5.56 Å². The third-order valence-electron chi connectivity index (χ3n) is 5.27. The van der Waals surface area contributed by atoms with Gasteiger partial charge in [0, 0.05) is 12.8 Å². The fraction of sp³-hybridized carbons (Fsp3) is 0.269. The molecule has 1 nitrogen and oxygen atoms in total. The molecule has 156 valence electrons. The maximum atomic E-state index is 13.0. The van der Waals surface area contributed by atoms with Gasteiger partial charge in [0.1, 0.15) is 5.78 Å². The summed E-state index contributed by atoms with van der Waals surface area (Å²) in [6.07, 6.45) is -1.99. The maximum Gasteiger partial charge on any atom is 0.416 e. The minimum absolute atomic E-state index is 0.0409. The number of rotatable bonds is 8. The number of carbonyl (C=O) groups is 1.